The van der Waals surface area contributed by atoms with Crippen LogP contribution in [0.3, 0.4) is 0 Å². The number of piperazine rings is 1. The topological polar surface area (TPSA) is 71.3 Å². The molecule has 1 amide bonds. The van der Waals surface area contributed by atoms with Gasteiger partial charge >= 0.3 is 0 Å². The van der Waals surface area contributed by atoms with Crippen molar-refractivity contribution in [2.24, 2.45) is 0 Å². The number of carbonyl (C=O) groups is 1. The Labute approximate surface area is 184 Å². The van der Waals surface area contributed by atoms with E-state index in [1.165, 1.54) is 6.26 Å². The predicted octanol–water partition coefficient (Wildman–Crippen LogP) is 2.88. The van der Waals surface area contributed by atoms with Gasteiger partial charge in [-0.2, -0.15) is 0 Å². The molecule has 0 spiro atoms. The van der Waals surface area contributed by atoms with Crippen molar-refractivity contribution in [3.8, 4) is 11.5 Å². The van der Waals surface area contributed by atoms with Gasteiger partial charge in [0.25, 0.3) is 5.91 Å². The summed E-state index contributed by atoms with van der Waals surface area (Å²) >= 11 is 0. The second-order valence-corrected chi connectivity index (χ2v) is 8.06. The molecule has 8 heteroatoms. The first-order valence-corrected chi connectivity index (χ1v) is 10.8. The largest absolute Gasteiger partial charge is 0.497 e. The van der Waals surface area contributed by atoms with Crippen molar-refractivity contribution < 1.29 is 18.7 Å². The van der Waals surface area contributed by atoms with Gasteiger partial charge < -0.3 is 23.7 Å². The van der Waals surface area contributed by atoms with Crippen LogP contribution in [0.15, 0.2) is 28.9 Å². The van der Waals surface area contributed by atoms with Crippen molar-refractivity contribution in [3.05, 3.63) is 41.6 Å². The lowest BCUT2D eigenvalue weighted by Gasteiger charge is -2.31. The molecular formula is C23H34N4O4. The third-order valence-electron chi connectivity index (χ3n) is 5.97. The minimum absolute atomic E-state index is 0.0624. The maximum absolute atomic E-state index is 12.8. The lowest BCUT2D eigenvalue weighted by atomic mass is 10.1. The Bertz CT molecular complexity index is 861. The number of aromatic nitrogens is 1. The molecule has 2 aromatic rings. The van der Waals surface area contributed by atoms with Gasteiger partial charge in [0.05, 0.1) is 20.8 Å². The third-order valence-corrected chi connectivity index (χ3v) is 5.97. The minimum Gasteiger partial charge on any atom is -0.497 e. The van der Waals surface area contributed by atoms with E-state index < -0.39 is 0 Å². The molecule has 0 N–H and O–H groups in total. The molecule has 1 aromatic heterocycles. The Hall–Kier alpha value is -2.58. The first-order valence-electron chi connectivity index (χ1n) is 10.8. The normalized spacial score (nSPS) is 15.9. The standard InChI is InChI=1S/C23H34N4O4/c1-6-17(2)27(14-18-13-19(29-4)7-8-21(18)30-5)15-22-24-20(16-31-22)23(28)26-11-9-25(3)10-12-26/h7-8,13,16-17H,6,9-12,14-15H2,1-5H3. The van der Waals surface area contributed by atoms with E-state index in [1.807, 2.05) is 23.1 Å². The summed E-state index contributed by atoms with van der Waals surface area (Å²) in [5.41, 5.74) is 1.41. The molecule has 3 rings (SSSR count). The van der Waals surface area contributed by atoms with Crippen LogP contribution in [0.5, 0.6) is 11.5 Å². The van der Waals surface area contributed by atoms with Gasteiger partial charge in [-0.05, 0) is 38.6 Å². The first kappa shape index (κ1) is 23.1. The monoisotopic (exact) mass is 430 g/mol. The molecule has 2 heterocycles. The van der Waals surface area contributed by atoms with Crippen molar-refractivity contribution in [1.82, 2.24) is 19.7 Å². The minimum atomic E-state index is -0.0624. The zero-order valence-corrected chi connectivity index (χ0v) is 19.3. The molecule has 1 aliphatic heterocycles. The van der Waals surface area contributed by atoms with Crippen LogP contribution in [0.4, 0.5) is 0 Å². The van der Waals surface area contributed by atoms with Gasteiger partial charge in [-0.15, -0.1) is 0 Å². The molecule has 1 unspecified atom stereocenters. The first-order chi connectivity index (χ1) is 14.9. The van der Waals surface area contributed by atoms with Crippen LogP contribution in [-0.4, -0.2) is 79.1 Å². The van der Waals surface area contributed by atoms with Crippen LogP contribution in [0, 0.1) is 0 Å². The number of methoxy groups -OCH3 is 2. The van der Waals surface area contributed by atoms with E-state index in [9.17, 15) is 4.79 Å². The number of rotatable bonds is 9. The van der Waals surface area contributed by atoms with Gasteiger partial charge in [0, 0.05) is 44.3 Å². The number of likely N-dealkylation sites (N-methyl/N-ethyl adjacent to an activating group) is 1. The zero-order chi connectivity index (χ0) is 22.4. The second-order valence-electron chi connectivity index (χ2n) is 8.06. The van der Waals surface area contributed by atoms with Crippen molar-refractivity contribution >= 4 is 5.91 Å². The van der Waals surface area contributed by atoms with Gasteiger partial charge in [0.2, 0.25) is 5.89 Å². The number of benzene rings is 1. The summed E-state index contributed by atoms with van der Waals surface area (Å²) < 4.78 is 16.6. The highest BCUT2D eigenvalue weighted by Gasteiger charge is 2.24. The van der Waals surface area contributed by atoms with Gasteiger partial charge in [-0.3, -0.25) is 9.69 Å². The number of nitrogens with zero attached hydrogens (tertiary/aromatic N) is 4. The van der Waals surface area contributed by atoms with E-state index in [-0.39, 0.29) is 5.91 Å². The average molecular weight is 431 g/mol. The average Bonchev–Trinajstić information content (AvgIpc) is 3.26. The summed E-state index contributed by atoms with van der Waals surface area (Å²) in [5.74, 6) is 2.08. The highest BCUT2D eigenvalue weighted by Crippen LogP contribution is 2.27. The predicted molar refractivity (Wildman–Crippen MR) is 118 cm³/mol. The molecule has 0 aliphatic carbocycles. The summed E-state index contributed by atoms with van der Waals surface area (Å²) in [4.78, 5) is 23.6. The third kappa shape index (κ3) is 5.77. The quantitative estimate of drug-likeness (QED) is 0.606. The highest BCUT2D eigenvalue weighted by atomic mass is 16.5. The van der Waals surface area contributed by atoms with Gasteiger partial charge in [-0.25, -0.2) is 4.98 Å². The molecule has 0 radical (unpaired) electrons. The van der Waals surface area contributed by atoms with Crippen LogP contribution in [0.1, 0.15) is 42.2 Å². The number of ether oxygens (including phenoxy) is 2. The molecule has 1 aliphatic rings. The Morgan fingerprint density at radius 3 is 2.58 bits per heavy atom. The molecular weight excluding hydrogens is 396 g/mol. The number of carbonyl (C=O) groups excluding carboxylic acids is 1. The second kappa shape index (κ2) is 10.6. The van der Waals surface area contributed by atoms with Crippen molar-refractivity contribution in [2.75, 3.05) is 47.4 Å². The number of oxazole rings is 1. The maximum atomic E-state index is 12.8. The van der Waals surface area contributed by atoms with E-state index in [2.05, 4.69) is 35.7 Å². The summed E-state index contributed by atoms with van der Waals surface area (Å²) in [5, 5.41) is 0. The smallest absolute Gasteiger partial charge is 0.275 e. The molecule has 0 bridgehead atoms. The fourth-order valence-corrected chi connectivity index (χ4v) is 3.68. The molecule has 170 valence electrons. The van der Waals surface area contributed by atoms with Crippen molar-refractivity contribution in [3.63, 3.8) is 0 Å². The van der Waals surface area contributed by atoms with Crippen molar-refractivity contribution in [2.45, 2.75) is 39.4 Å². The zero-order valence-electron chi connectivity index (χ0n) is 19.3. The summed E-state index contributed by atoms with van der Waals surface area (Å²) in [6, 6.07) is 6.09. The van der Waals surface area contributed by atoms with Crippen LogP contribution in [0.25, 0.3) is 0 Å². The highest BCUT2D eigenvalue weighted by molar-refractivity contribution is 5.92. The number of hydrogen-bond acceptors (Lipinski definition) is 7. The summed E-state index contributed by atoms with van der Waals surface area (Å²) in [6.45, 7) is 8.66. The fraction of sp³-hybridized carbons (Fsp3) is 0.565. The van der Waals surface area contributed by atoms with Crippen LogP contribution >= 0.6 is 0 Å². The van der Waals surface area contributed by atoms with Gasteiger partial charge in [0.15, 0.2) is 5.69 Å². The SMILES string of the molecule is CCC(C)N(Cc1nc(C(=O)N2CCN(C)CC2)co1)Cc1cc(OC)ccc1OC. The lowest BCUT2D eigenvalue weighted by Crippen LogP contribution is -2.47. The summed E-state index contributed by atoms with van der Waals surface area (Å²) in [6.07, 6.45) is 2.46. The van der Waals surface area contributed by atoms with Gasteiger partial charge in [-0.1, -0.05) is 6.92 Å². The fourth-order valence-electron chi connectivity index (χ4n) is 3.68. The number of hydrogen-bond donors (Lipinski definition) is 0. The van der Waals surface area contributed by atoms with Crippen molar-refractivity contribution in [1.29, 1.82) is 0 Å². The lowest BCUT2D eigenvalue weighted by molar-refractivity contribution is 0.0658. The Balaban J connectivity index is 1.73. The van der Waals surface area contributed by atoms with Crippen LogP contribution in [0.2, 0.25) is 0 Å². The van der Waals surface area contributed by atoms with Crippen LogP contribution < -0.4 is 9.47 Å². The number of amides is 1. The molecule has 31 heavy (non-hydrogen) atoms. The summed E-state index contributed by atoms with van der Waals surface area (Å²) in [7, 11) is 5.39. The molecule has 1 fully saturated rings. The Morgan fingerprint density at radius 2 is 1.94 bits per heavy atom. The molecule has 0 saturated carbocycles. The molecule has 1 atom stereocenters. The van der Waals surface area contributed by atoms with Crippen LogP contribution in [-0.2, 0) is 13.1 Å². The Morgan fingerprint density at radius 1 is 1.19 bits per heavy atom. The van der Waals surface area contributed by atoms with E-state index in [0.717, 1.165) is 36.6 Å². The van der Waals surface area contributed by atoms with E-state index in [0.29, 0.717) is 43.8 Å². The Kier molecular flexibility index (Phi) is 7.92. The molecule has 1 aromatic carbocycles. The molecule has 8 nitrogen and oxygen atoms in total. The van der Waals surface area contributed by atoms with E-state index in [1.54, 1.807) is 14.2 Å². The van der Waals surface area contributed by atoms with Gasteiger partial charge in [0.1, 0.15) is 17.8 Å². The van der Waals surface area contributed by atoms with E-state index >= 15 is 0 Å². The van der Waals surface area contributed by atoms with E-state index in [4.69, 9.17) is 13.9 Å². The molecule has 1 saturated heterocycles. The maximum Gasteiger partial charge on any atom is 0.275 e.